The van der Waals surface area contributed by atoms with Crippen molar-refractivity contribution in [1.82, 2.24) is 14.8 Å². The third-order valence-electron chi connectivity index (χ3n) is 3.99. The molecular weight excluding hydrogens is 292 g/mol. The van der Waals surface area contributed by atoms with E-state index in [9.17, 15) is 10.4 Å². The minimum atomic E-state index is 0.0690. The SMILES string of the molecule is COc1cc(C=C(C#N)c2nnc3n2CCCCC3)ccc1O. The minimum Gasteiger partial charge on any atom is -0.504 e. The lowest BCUT2D eigenvalue weighted by Crippen LogP contribution is -2.05. The van der Waals surface area contributed by atoms with Gasteiger partial charge in [-0.1, -0.05) is 12.5 Å². The lowest BCUT2D eigenvalue weighted by atomic mass is 10.1. The molecule has 0 amide bonds. The smallest absolute Gasteiger partial charge is 0.174 e. The van der Waals surface area contributed by atoms with Crippen LogP contribution in [0, 0.1) is 11.3 Å². The van der Waals surface area contributed by atoms with Crippen molar-refractivity contribution in [2.24, 2.45) is 0 Å². The van der Waals surface area contributed by atoms with Crippen molar-refractivity contribution in [2.45, 2.75) is 32.2 Å². The lowest BCUT2D eigenvalue weighted by Gasteiger charge is -2.07. The third-order valence-corrected chi connectivity index (χ3v) is 3.99. The van der Waals surface area contributed by atoms with E-state index in [0.717, 1.165) is 37.2 Å². The zero-order valence-corrected chi connectivity index (χ0v) is 13.0. The van der Waals surface area contributed by atoms with Crippen LogP contribution in [0.3, 0.4) is 0 Å². The number of allylic oxidation sites excluding steroid dienone is 1. The normalized spacial score (nSPS) is 14.7. The Morgan fingerprint density at radius 1 is 1.35 bits per heavy atom. The van der Waals surface area contributed by atoms with Crippen LogP contribution in [0.2, 0.25) is 0 Å². The fourth-order valence-corrected chi connectivity index (χ4v) is 2.78. The second-order valence-corrected chi connectivity index (χ2v) is 5.50. The molecule has 6 nitrogen and oxygen atoms in total. The summed E-state index contributed by atoms with van der Waals surface area (Å²) in [6.45, 7) is 0.843. The molecule has 0 saturated heterocycles. The first-order valence-corrected chi connectivity index (χ1v) is 7.64. The molecule has 2 aromatic rings. The summed E-state index contributed by atoms with van der Waals surface area (Å²) in [4.78, 5) is 0. The monoisotopic (exact) mass is 310 g/mol. The van der Waals surface area contributed by atoms with Crippen molar-refractivity contribution in [1.29, 1.82) is 5.26 Å². The van der Waals surface area contributed by atoms with E-state index in [1.807, 2.05) is 4.57 Å². The highest BCUT2D eigenvalue weighted by Crippen LogP contribution is 2.28. The predicted octanol–water partition coefficient (Wildman–Crippen LogP) is 2.78. The van der Waals surface area contributed by atoms with E-state index in [-0.39, 0.29) is 5.75 Å². The van der Waals surface area contributed by atoms with Crippen LogP contribution in [0.5, 0.6) is 11.5 Å². The van der Waals surface area contributed by atoms with E-state index in [0.29, 0.717) is 17.1 Å². The molecule has 0 spiro atoms. The van der Waals surface area contributed by atoms with E-state index < -0.39 is 0 Å². The molecule has 1 aromatic heterocycles. The van der Waals surface area contributed by atoms with Gasteiger partial charge in [-0.3, -0.25) is 0 Å². The van der Waals surface area contributed by atoms with Crippen LogP contribution >= 0.6 is 0 Å². The summed E-state index contributed by atoms with van der Waals surface area (Å²) < 4.78 is 7.14. The first kappa shape index (κ1) is 15.1. The maximum Gasteiger partial charge on any atom is 0.174 e. The summed E-state index contributed by atoms with van der Waals surface area (Å²) >= 11 is 0. The van der Waals surface area contributed by atoms with Crippen LogP contribution in [0.4, 0.5) is 0 Å². The van der Waals surface area contributed by atoms with Gasteiger partial charge in [0.05, 0.1) is 12.7 Å². The molecule has 23 heavy (non-hydrogen) atoms. The first-order valence-electron chi connectivity index (χ1n) is 7.64. The molecule has 3 rings (SSSR count). The number of nitriles is 1. The number of hydrogen-bond donors (Lipinski definition) is 1. The van der Waals surface area contributed by atoms with Gasteiger partial charge in [0.1, 0.15) is 11.9 Å². The molecule has 1 aliphatic rings. The zero-order valence-electron chi connectivity index (χ0n) is 13.0. The Balaban J connectivity index is 2.00. The van der Waals surface area contributed by atoms with Gasteiger partial charge in [-0.25, -0.2) is 0 Å². The standard InChI is InChI=1S/C17H18N4O2/c1-23-15-10-12(6-7-14(15)22)9-13(11-18)17-20-19-16-5-3-2-4-8-21(16)17/h6-7,9-10,22H,2-5,8H2,1H3. The van der Waals surface area contributed by atoms with Gasteiger partial charge in [0.15, 0.2) is 17.3 Å². The highest BCUT2D eigenvalue weighted by molar-refractivity contribution is 5.87. The van der Waals surface area contributed by atoms with Crippen LogP contribution < -0.4 is 4.74 Å². The quantitative estimate of drug-likeness (QED) is 0.881. The molecule has 0 unspecified atom stereocenters. The van der Waals surface area contributed by atoms with Crippen molar-refractivity contribution < 1.29 is 9.84 Å². The zero-order chi connectivity index (χ0) is 16.2. The number of aryl methyl sites for hydroxylation is 1. The maximum atomic E-state index is 9.66. The number of ether oxygens (including phenoxy) is 1. The molecule has 1 aromatic carbocycles. The molecule has 118 valence electrons. The number of aromatic hydroxyl groups is 1. The summed E-state index contributed by atoms with van der Waals surface area (Å²) in [5, 5.41) is 27.6. The molecule has 2 heterocycles. The average molecular weight is 310 g/mol. The second-order valence-electron chi connectivity index (χ2n) is 5.50. The van der Waals surface area contributed by atoms with Crippen LogP contribution in [-0.4, -0.2) is 27.0 Å². The first-order chi connectivity index (χ1) is 11.2. The number of phenols is 1. The number of rotatable bonds is 3. The minimum absolute atomic E-state index is 0.0690. The number of hydrogen-bond acceptors (Lipinski definition) is 5. The van der Waals surface area contributed by atoms with Gasteiger partial charge in [-0.05, 0) is 36.6 Å². The molecular formula is C17H18N4O2. The van der Waals surface area contributed by atoms with Crippen LogP contribution in [0.25, 0.3) is 11.6 Å². The highest BCUT2D eigenvalue weighted by atomic mass is 16.5. The Morgan fingerprint density at radius 2 is 2.22 bits per heavy atom. The fraction of sp³-hybridized carbons (Fsp3) is 0.353. The van der Waals surface area contributed by atoms with Gasteiger partial charge >= 0.3 is 0 Å². The number of phenolic OH excluding ortho intramolecular Hbond substituents is 1. The van der Waals surface area contributed by atoms with E-state index in [2.05, 4.69) is 16.3 Å². The Bertz CT molecular complexity index is 786. The second kappa shape index (κ2) is 6.53. The molecule has 0 saturated carbocycles. The molecule has 0 aliphatic carbocycles. The van der Waals surface area contributed by atoms with Crippen molar-refractivity contribution >= 4 is 11.6 Å². The van der Waals surface area contributed by atoms with Gasteiger partial charge in [0.2, 0.25) is 0 Å². The van der Waals surface area contributed by atoms with Gasteiger partial charge < -0.3 is 14.4 Å². The summed E-state index contributed by atoms with van der Waals surface area (Å²) in [7, 11) is 1.49. The van der Waals surface area contributed by atoms with E-state index in [1.54, 1.807) is 24.3 Å². The highest BCUT2D eigenvalue weighted by Gasteiger charge is 2.17. The number of methoxy groups -OCH3 is 1. The number of benzene rings is 1. The van der Waals surface area contributed by atoms with E-state index in [1.165, 1.54) is 13.5 Å². The largest absolute Gasteiger partial charge is 0.504 e. The van der Waals surface area contributed by atoms with Gasteiger partial charge in [0.25, 0.3) is 0 Å². The number of nitrogens with zero attached hydrogens (tertiary/aromatic N) is 4. The molecule has 0 radical (unpaired) electrons. The summed E-state index contributed by atoms with van der Waals surface area (Å²) in [5.74, 6) is 1.99. The Kier molecular flexibility index (Phi) is 4.29. The van der Waals surface area contributed by atoms with Crippen LogP contribution in [-0.2, 0) is 13.0 Å². The number of fused-ring (bicyclic) bond motifs is 1. The maximum absolute atomic E-state index is 9.66. The summed E-state index contributed by atoms with van der Waals surface area (Å²) in [5.41, 5.74) is 1.22. The lowest BCUT2D eigenvalue weighted by molar-refractivity contribution is 0.373. The molecule has 0 fully saturated rings. The van der Waals surface area contributed by atoms with Crippen molar-refractivity contribution in [3.63, 3.8) is 0 Å². The van der Waals surface area contributed by atoms with Gasteiger partial charge in [-0.2, -0.15) is 5.26 Å². The fourth-order valence-electron chi connectivity index (χ4n) is 2.78. The molecule has 1 N–H and O–H groups in total. The summed E-state index contributed by atoms with van der Waals surface area (Å²) in [6.07, 6.45) is 6.00. The predicted molar refractivity (Wildman–Crippen MR) is 85.7 cm³/mol. The molecule has 6 heteroatoms. The van der Waals surface area contributed by atoms with Gasteiger partial charge in [0, 0.05) is 13.0 Å². The Morgan fingerprint density at radius 3 is 3.00 bits per heavy atom. The van der Waals surface area contributed by atoms with Crippen molar-refractivity contribution in [2.75, 3.05) is 7.11 Å². The Labute approximate surface area is 134 Å². The van der Waals surface area contributed by atoms with Crippen molar-refractivity contribution in [3.05, 3.63) is 35.4 Å². The van der Waals surface area contributed by atoms with E-state index in [4.69, 9.17) is 4.74 Å². The van der Waals surface area contributed by atoms with Crippen LogP contribution in [0.1, 0.15) is 36.5 Å². The molecule has 0 atom stereocenters. The molecule has 1 aliphatic heterocycles. The van der Waals surface area contributed by atoms with E-state index >= 15 is 0 Å². The summed E-state index contributed by atoms with van der Waals surface area (Å²) in [6, 6.07) is 7.17. The molecule has 0 bridgehead atoms. The average Bonchev–Trinajstić information content (AvgIpc) is 2.82. The van der Waals surface area contributed by atoms with Gasteiger partial charge in [-0.15, -0.1) is 10.2 Å². The topological polar surface area (TPSA) is 84.0 Å². The third kappa shape index (κ3) is 3.04. The number of aromatic nitrogens is 3. The van der Waals surface area contributed by atoms with Crippen LogP contribution in [0.15, 0.2) is 18.2 Å². The van der Waals surface area contributed by atoms with Crippen molar-refractivity contribution in [3.8, 4) is 17.6 Å². The Hall–Kier alpha value is -2.81.